The molecule has 7 heteroatoms. The first-order valence-corrected chi connectivity index (χ1v) is 10.6. The van der Waals surface area contributed by atoms with Gasteiger partial charge in [0.25, 0.3) is 10.2 Å². The van der Waals surface area contributed by atoms with E-state index in [4.69, 9.17) is 0 Å². The summed E-state index contributed by atoms with van der Waals surface area (Å²) in [7, 11) is -3.27. The first-order chi connectivity index (χ1) is 9.97. The van der Waals surface area contributed by atoms with Gasteiger partial charge in [-0.05, 0) is 49.1 Å². The van der Waals surface area contributed by atoms with Gasteiger partial charge in [-0.25, -0.2) is 4.72 Å². The van der Waals surface area contributed by atoms with Gasteiger partial charge in [0.2, 0.25) is 0 Å². The molecule has 0 aromatic heterocycles. The fourth-order valence-electron chi connectivity index (χ4n) is 2.81. The molecular weight excluding hydrogens is 306 g/mol. The molecule has 2 aliphatic rings. The highest BCUT2D eigenvalue weighted by atomic mass is 32.2. The fraction of sp³-hybridized carbons (Fsp3) is 1.00. The van der Waals surface area contributed by atoms with Gasteiger partial charge in [0.1, 0.15) is 0 Å². The van der Waals surface area contributed by atoms with E-state index in [1.165, 1.54) is 5.75 Å². The molecule has 21 heavy (non-hydrogen) atoms. The lowest BCUT2D eigenvalue weighted by Gasteiger charge is -2.32. The summed E-state index contributed by atoms with van der Waals surface area (Å²) < 4.78 is 29.0. The standard InChI is InChI=1S/C14H29N3O2S2/c1-12(2)15-9-13-3-6-17(7-4-13)21(18,19)16-10-14-5-8-20-11-14/h12-16H,3-11H2,1-2H3. The van der Waals surface area contributed by atoms with E-state index >= 15 is 0 Å². The molecule has 0 aromatic rings. The van der Waals surface area contributed by atoms with E-state index in [2.05, 4.69) is 23.9 Å². The molecule has 2 rings (SSSR count). The maximum Gasteiger partial charge on any atom is 0.279 e. The Morgan fingerprint density at radius 1 is 1.14 bits per heavy atom. The van der Waals surface area contributed by atoms with Crippen molar-refractivity contribution < 1.29 is 8.42 Å². The van der Waals surface area contributed by atoms with Crippen molar-refractivity contribution in [2.24, 2.45) is 11.8 Å². The van der Waals surface area contributed by atoms with Crippen molar-refractivity contribution in [1.29, 1.82) is 0 Å². The SMILES string of the molecule is CC(C)NCC1CCN(S(=O)(=O)NCC2CCSC2)CC1. The Morgan fingerprint density at radius 3 is 2.43 bits per heavy atom. The largest absolute Gasteiger partial charge is 0.314 e. The van der Waals surface area contributed by atoms with Crippen LogP contribution in [-0.2, 0) is 10.2 Å². The highest BCUT2D eigenvalue weighted by Gasteiger charge is 2.28. The highest BCUT2D eigenvalue weighted by molar-refractivity contribution is 7.99. The Balaban J connectivity index is 1.72. The number of hydrogen-bond acceptors (Lipinski definition) is 4. The van der Waals surface area contributed by atoms with Gasteiger partial charge in [-0.3, -0.25) is 0 Å². The molecule has 5 nitrogen and oxygen atoms in total. The van der Waals surface area contributed by atoms with Crippen LogP contribution in [0, 0.1) is 11.8 Å². The van der Waals surface area contributed by atoms with Crippen molar-refractivity contribution in [3.05, 3.63) is 0 Å². The Morgan fingerprint density at radius 2 is 1.86 bits per heavy atom. The second-order valence-electron chi connectivity index (χ2n) is 6.49. The monoisotopic (exact) mass is 335 g/mol. The normalized spacial score (nSPS) is 25.8. The second kappa shape index (κ2) is 8.15. The average Bonchev–Trinajstić information content (AvgIpc) is 2.97. The molecule has 2 aliphatic heterocycles. The van der Waals surface area contributed by atoms with Crippen LogP contribution < -0.4 is 10.0 Å². The predicted octanol–water partition coefficient (Wildman–Crippen LogP) is 1.28. The summed E-state index contributed by atoms with van der Waals surface area (Å²) in [5.41, 5.74) is 0. The van der Waals surface area contributed by atoms with Gasteiger partial charge in [0, 0.05) is 25.7 Å². The van der Waals surface area contributed by atoms with Gasteiger partial charge >= 0.3 is 0 Å². The minimum atomic E-state index is -3.27. The first kappa shape index (κ1) is 17.5. The molecule has 2 heterocycles. The first-order valence-electron chi connectivity index (χ1n) is 8.03. The Hall–Kier alpha value is 0.180. The molecule has 0 amide bonds. The number of nitrogens with zero attached hydrogens (tertiary/aromatic N) is 1. The van der Waals surface area contributed by atoms with Crippen molar-refractivity contribution in [1.82, 2.24) is 14.3 Å². The molecule has 0 aliphatic carbocycles. The lowest BCUT2D eigenvalue weighted by molar-refractivity contribution is 0.261. The van der Waals surface area contributed by atoms with Crippen molar-refractivity contribution in [2.75, 3.05) is 37.7 Å². The summed E-state index contributed by atoms with van der Waals surface area (Å²) in [6.45, 7) is 7.19. The van der Waals surface area contributed by atoms with E-state index in [0.29, 0.717) is 37.5 Å². The maximum atomic E-state index is 12.3. The molecule has 1 unspecified atom stereocenters. The molecule has 0 aromatic carbocycles. The maximum absolute atomic E-state index is 12.3. The van der Waals surface area contributed by atoms with Crippen LogP contribution in [0.2, 0.25) is 0 Å². The molecule has 2 fully saturated rings. The highest BCUT2D eigenvalue weighted by Crippen LogP contribution is 2.23. The minimum absolute atomic E-state index is 0.498. The Kier molecular flexibility index (Phi) is 6.80. The third kappa shape index (κ3) is 5.71. The van der Waals surface area contributed by atoms with Gasteiger partial charge in [-0.15, -0.1) is 0 Å². The molecule has 2 N–H and O–H groups in total. The van der Waals surface area contributed by atoms with Gasteiger partial charge in [-0.2, -0.15) is 24.5 Å². The van der Waals surface area contributed by atoms with E-state index in [0.717, 1.165) is 31.6 Å². The number of piperidine rings is 1. The van der Waals surface area contributed by atoms with E-state index < -0.39 is 10.2 Å². The van der Waals surface area contributed by atoms with Crippen LogP contribution in [0.15, 0.2) is 0 Å². The summed E-state index contributed by atoms with van der Waals surface area (Å²) in [4.78, 5) is 0. The minimum Gasteiger partial charge on any atom is -0.314 e. The second-order valence-corrected chi connectivity index (χ2v) is 9.39. The quantitative estimate of drug-likeness (QED) is 0.736. The lowest BCUT2D eigenvalue weighted by atomic mass is 9.98. The number of nitrogens with one attached hydrogen (secondary N) is 2. The van der Waals surface area contributed by atoms with Crippen LogP contribution in [0.25, 0.3) is 0 Å². The smallest absolute Gasteiger partial charge is 0.279 e. The Bertz CT molecular complexity index is 400. The fourth-order valence-corrected chi connectivity index (χ4v) is 5.42. The molecule has 0 spiro atoms. The number of hydrogen-bond donors (Lipinski definition) is 2. The van der Waals surface area contributed by atoms with E-state index in [9.17, 15) is 8.42 Å². The number of thioether (sulfide) groups is 1. The van der Waals surface area contributed by atoms with Gasteiger partial charge < -0.3 is 5.32 Å². The third-order valence-corrected chi connectivity index (χ3v) is 7.11. The van der Waals surface area contributed by atoms with Crippen LogP contribution >= 0.6 is 11.8 Å². The zero-order chi connectivity index (χ0) is 15.3. The van der Waals surface area contributed by atoms with Crippen molar-refractivity contribution in [2.45, 2.75) is 39.2 Å². The molecule has 124 valence electrons. The van der Waals surface area contributed by atoms with E-state index in [-0.39, 0.29) is 0 Å². The van der Waals surface area contributed by atoms with E-state index in [1.807, 2.05) is 11.8 Å². The summed E-state index contributed by atoms with van der Waals surface area (Å²) in [5, 5.41) is 3.45. The van der Waals surface area contributed by atoms with Gasteiger partial charge in [0.05, 0.1) is 0 Å². The van der Waals surface area contributed by atoms with Crippen LogP contribution in [0.5, 0.6) is 0 Å². The zero-order valence-corrected chi connectivity index (χ0v) is 14.8. The molecule has 0 saturated carbocycles. The topological polar surface area (TPSA) is 61.4 Å². The van der Waals surface area contributed by atoms with E-state index in [1.54, 1.807) is 4.31 Å². The predicted molar refractivity (Wildman–Crippen MR) is 89.8 cm³/mol. The average molecular weight is 336 g/mol. The third-order valence-electron chi connectivity index (χ3n) is 4.31. The van der Waals surface area contributed by atoms with Crippen molar-refractivity contribution in [3.8, 4) is 0 Å². The molecule has 2 saturated heterocycles. The zero-order valence-electron chi connectivity index (χ0n) is 13.2. The van der Waals surface area contributed by atoms with Crippen molar-refractivity contribution in [3.63, 3.8) is 0 Å². The molecular formula is C14H29N3O2S2. The van der Waals surface area contributed by atoms with Crippen LogP contribution in [-0.4, -0.2) is 56.4 Å². The summed E-state index contributed by atoms with van der Waals surface area (Å²) in [6.07, 6.45) is 3.05. The Labute approximate surface area is 133 Å². The van der Waals surface area contributed by atoms with Gasteiger partial charge in [-0.1, -0.05) is 13.8 Å². The summed E-state index contributed by atoms with van der Waals surface area (Å²) >= 11 is 1.92. The lowest BCUT2D eigenvalue weighted by Crippen LogP contribution is -2.47. The van der Waals surface area contributed by atoms with Crippen molar-refractivity contribution >= 4 is 22.0 Å². The van der Waals surface area contributed by atoms with Gasteiger partial charge in [0.15, 0.2) is 0 Å². The van der Waals surface area contributed by atoms with Crippen LogP contribution in [0.1, 0.15) is 33.1 Å². The summed E-state index contributed by atoms with van der Waals surface area (Å²) in [5.74, 6) is 3.37. The molecule has 1 atom stereocenters. The van der Waals surface area contributed by atoms with Crippen LogP contribution in [0.3, 0.4) is 0 Å². The molecule has 0 radical (unpaired) electrons. The summed E-state index contributed by atoms with van der Waals surface area (Å²) in [6, 6.07) is 0.498. The molecule has 0 bridgehead atoms. The van der Waals surface area contributed by atoms with Crippen LogP contribution in [0.4, 0.5) is 0 Å². The number of rotatable bonds is 7.